The van der Waals surface area contributed by atoms with Gasteiger partial charge in [-0.25, -0.2) is 17.9 Å². The highest BCUT2D eigenvalue weighted by atomic mass is 19.2. The molecule has 3 N–H and O–H groups in total. The minimum Gasteiger partial charge on any atom is -0.388 e. The Labute approximate surface area is 252 Å². The number of aliphatic hydroxyl groups is 1. The van der Waals surface area contributed by atoms with E-state index in [1.165, 1.54) is 28.9 Å². The number of fused-ring (bicyclic) bond motifs is 3. The Morgan fingerprint density at radius 1 is 1.02 bits per heavy atom. The summed E-state index contributed by atoms with van der Waals surface area (Å²) in [6.45, 7) is 3.53. The van der Waals surface area contributed by atoms with Gasteiger partial charge in [0.25, 0.3) is 5.91 Å². The molecule has 11 heteroatoms. The number of rotatable bonds is 7. The zero-order valence-corrected chi connectivity index (χ0v) is 24.5. The summed E-state index contributed by atoms with van der Waals surface area (Å²) in [6, 6.07) is 11.9. The van der Waals surface area contributed by atoms with E-state index in [0.717, 1.165) is 18.9 Å². The molecule has 2 bridgehead atoms. The maximum absolute atomic E-state index is 16.0. The van der Waals surface area contributed by atoms with Gasteiger partial charge in [0, 0.05) is 29.3 Å². The van der Waals surface area contributed by atoms with E-state index in [1.54, 1.807) is 32.0 Å². The van der Waals surface area contributed by atoms with Gasteiger partial charge in [-0.05, 0) is 85.5 Å². The number of nitrogens with two attached hydrogens (primary N) is 1. The smallest absolute Gasteiger partial charge is 0.254 e. The average molecular weight is 603 g/mol. The Balaban J connectivity index is 1.48. The Kier molecular flexibility index (Phi) is 7.68. The summed E-state index contributed by atoms with van der Waals surface area (Å²) >= 11 is 0. The Bertz CT molecular complexity index is 1800. The van der Waals surface area contributed by atoms with E-state index in [9.17, 15) is 19.6 Å². The van der Waals surface area contributed by atoms with Gasteiger partial charge >= 0.3 is 0 Å². The van der Waals surface area contributed by atoms with E-state index < -0.39 is 23.1 Å². The number of carbonyl (C=O) groups excluding carboxylic acids is 1. The second-order valence-corrected chi connectivity index (χ2v) is 12.0. The SMILES string of the molecule is CCC(O)(CC)Cn1nnc2cc(-c3ccc(C(=O)N4C5CCC4CC(N)C5)cc3-c3ccc(C#N)c(F)c3)c(F)c(F)c21. The number of piperidine rings is 1. The van der Waals surface area contributed by atoms with E-state index in [4.69, 9.17) is 5.73 Å². The number of nitrogens with zero attached hydrogens (tertiary/aromatic N) is 5. The van der Waals surface area contributed by atoms with Crippen LogP contribution in [0.15, 0.2) is 42.5 Å². The highest BCUT2D eigenvalue weighted by Crippen LogP contribution is 2.40. The van der Waals surface area contributed by atoms with Gasteiger partial charge in [0.2, 0.25) is 0 Å². The first kappa shape index (κ1) is 29.8. The summed E-state index contributed by atoms with van der Waals surface area (Å²) in [4.78, 5) is 15.7. The van der Waals surface area contributed by atoms with Gasteiger partial charge in [-0.1, -0.05) is 31.2 Å². The Morgan fingerprint density at radius 3 is 2.36 bits per heavy atom. The van der Waals surface area contributed by atoms with Crippen LogP contribution in [-0.4, -0.2) is 54.6 Å². The molecule has 2 unspecified atom stereocenters. The second-order valence-electron chi connectivity index (χ2n) is 12.0. The lowest BCUT2D eigenvalue weighted by Gasteiger charge is -2.38. The minimum atomic E-state index is -1.18. The fourth-order valence-corrected chi connectivity index (χ4v) is 6.75. The summed E-state index contributed by atoms with van der Waals surface area (Å²) in [6.07, 6.45) is 3.94. The van der Waals surface area contributed by atoms with E-state index in [-0.39, 0.29) is 69.4 Å². The Morgan fingerprint density at radius 2 is 1.73 bits per heavy atom. The van der Waals surface area contributed by atoms with E-state index in [2.05, 4.69) is 10.3 Å². The molecule has 1 amide bonds. The standard InChI is InChI=1S/C33H33F3N6O2/c1-3-33(44,4-2)17-41-31-28(39-40-41)15-26(29(35)30(31)36)24-10-7-19(11-25(24)18-5-6-20(16-37)27(34)12-18)32(43)42-22-8-9-23(42)14-21(38)13-22/h5-7,10-12,15,21-23,44H,3-4,8-9,13-14,17,38H2,1-2H3. The molecule has 2 fully saturated rings. The summed E-state index contributed by atoms with van der Waals surface area (Å²) in [5.41, 5.74) is 5.73. The van der Waals surface area contributed by atoms with Crippen molar-refractivity contribution in [1.29, 1.82) is 5.26 Å². The third-order valence-electron chi connectivity index (χ3n) is 9.40. The topological polar surface area (TPSA) is 121 Å². The molecule has 6 rings (SSSR count). The van der Waals surface area contributed by atoms with Crippen LogP contribution in [0.25, 0.3) is 33.3 Å². The molecule has 2 aliphatic rings. The van der Waals surface area contributed by atoms with Crippen molar-refractivity contribution in [2.45, 2.75) is 82.6 Å². The van der Waals surface area contributed by atoms with Crippen molar-refractivity contribution < 1.29 is 23.1 Å². The lowest BCUT2D eigenvalue weighted by Crippen LogP contribution is -2.50. The fraction of sp³-hybridized carbons (Fsp3) is 0.394. The van der Waals surface area contributed by atoms with Crippen molar-refractivity contribution in [3.63, 3.8) is 0 Å². The van der Waals surface area contributed by atoms with Crippen LogP contribution in [0.1, 0.15) is 68.3 Å². The molecule has 2 aliphatic heterocycles. The number of hydrogen-bond donors (Lipinski definition) is 2. The van der Waals surface area contributed by atoms with E-state index in [1.807, 2.05) is 4.90 Å². The zero-order chi connectivity index (χ0) is 31.3. The van der Waals surface area contributed by atoms with Crippen molar-refractivity contribution in [3.05, 3.63) is 71.0 Å². The summed E-state index contributed by atoms with van der Waals surface area (Å²) in [5.74, 6) is -3.33. The van der Waals surface area contributed by atoms with Crippen LogP contribution in [0.4, 0.5) is 13.2 Å². The van der Waals surface area contributed by atoms with Crippen molar-refractivity contribution in [2.24, 2.45) is 5.73 Å². The van der Waals surface area contributed by atoms with Gasteiger partial charge in [0.1, 0.15) is 22.9 Å². The molecule has 2 atom stereocenters. The van der Waals surface area contributed by atoms with E-state index >= 15 is 8.78 Å². The van der Waals surface area contributed by atoms with Crippen molar-refractivity contribution in [1.82, 2.24) is 19.9 Å². The van der Waals surface area contributed by atoms with Crippen molar-refractivity contribution >= 4 is 16.9 Å². The van der Waals surface area contributed by atoms with Crippen LogP contribution in [0.2, 0.25) is 0 Å². The molecule has 4 aromatic rings. The first-order valence-corrected chi connectivity index (χ1v) is 14.9. The number of aromatic nitrogens is 3. The predicted octanol–water partition coefficient (Wildman–Crippen LogP) is 5.70. The van der Waals surface area contributed by atoms with Crippen LogP contribution in [0, 0.1) is 28.8 Å². The van der Waals surface area contributed by atoms with Crippen LogP contribution >= 0.6 is 0 Å². The highest BCUT2D eigenvalue weighted by Gasteiger charge is 2.42. The molecule has 228 valence electrons. The Hall–Kier alpha value is -4.27. The fourth-order valence-electron chi connectivity index (χ4n) is 6.75. The number of hydrogen-bond acceptors (Lipinski definition) is 6. The molecule has 3 aromatic carbocycles. The highest BCUT2D eigenvalue weighted by molar-refractivity contribution is 5.99. The molecule has 0 aliphatic carbocycles. The maximum Gasteiger partial charge on any atom is 0.254 e. The van der Waals surface area contributed by atoms with Crippen molar-refractivity contribution in [3.8, 4) is 28.3 Å². The quantitative estimate of drug-likeness (QED) is 0.280. The van der Waals surface area contributed by atoms with Gasteiger partial charge < -0.3 is 15.7 Å². The normalized spacial score (nSPS) is 19.9. The third-order valence-corrected chi connectivity index (χ3v) is 9.40. The predicted molar refractivity (Wildman–Crippen MR) is 159 cm³/mol. The molecular weight excluding hydrogens is 569 g/mol. The number of halogens is 3. The molecule has 2 saturated heterocycles. The van der Waals surface area contributed by atoms with Crippen LogP contribution in [-0.2, 0) is 6.54 Å². The summed E-state index contributed by atoms with van der Waals surface area (Å²) in [5, 5.41) is 28.1. The summed E-state index contributed by atoms with van der Waals surface area (Å²) in [7, 11) is 0. The zero-order valence-electron chi connectivity index (χ0n) is 24.5. The third kappa shape index (κ3) is 5.02. The second kappa shape index (κ2) is 11.3. The minimum absolute atomic E-state index is 0.0290. The van der Waals surface area contributed by atoms with Crippen LogP contribution in [0.5, 0.6) is 0 Å². The van der Waals surface area contributed by atoms with Gasteiger partial charge in [0.15, 0.2) is 11.6 Å². The van der Waals surface area contributed by atoms with Gasteiger partial charge in [-0.15, -0.1) is 5.10 Å². The van der Waals surface area contributed by atoms with Gasteiger partial charge in [-0.2, -0.15) is 5.26 Å². The number of benzene rings is 3. The molecule has 0 saturated carbocycles. The monoisotopic (exact) mass is 602 g/mol. The molecule has 1 aromatic heterocycles. The first-order chi connectivity index (χ1) is 21.1. The number of nitriles is 1. The molecule has 8 nitrogen and oxygen atoms in total. The number of carbonyl (C=O) groups is 1. The van der Waals surface area contributed by atoms with E-state index in [0.29, 0.717) is 31.2 Å². The molecule has 0 spiro atoms. The summed E-state index contributed by atoms with van der Waals surface area (Å²) < 4.78 is 47.7. The van der Waals surface area contributed by atoms with Crippen LogP contribution < -0.4 is 5.73 Å². The molecule has 3 heterocycles. The van der Waals surface area contributed by atoms with Gasteiger partial charge in [-0.3, -0.25) is 4.79 Å². The first-order valence-electron chi connectivity index (χ1n) is 14.9. The maximum atomic E-state index is 16.0. The molecule has 44 heavy (non-hydrogen) atoms. The van der Waals surface area contributed by atoms with Crippen molar-refractivity contribution in [2.75, 3.05) is 0 Å². The largest absolute Gasteiger partial charge is 0.388 e. The lowest BCUT2D eigenvalue weighted by atomic mass is 9.90. The lowest BCUT2D eigenvalue weighted by molar-refractivity contribution is 0.0124. The van der Waals surface area contributed by atoms with Crippen LogP contribution in [0.3, 0.4) is 0 Å². The van der Waals surface area contributed by atoms with Gasteiger partial charge in [0.05, 0.1) is 17.7 Å². The average Bonchev–Trinajstić information content (AvgIpc) is 3.55. The number of amides is 1. The molecular formula is C33H33F3N6O2. The molecule has 0 radical (unpaired) electrons.